The molecule has 3 nitrogen and oxygen atoms in total. The first-order chi connectivity index (χ1) is 15.0. The molecule has 150 valence electrons. The predicted molar refractivity (Wildman–Crippen MR) is 113 cm³/mol. The topological polar surface area (TPSA) is 41.1 Å². The summed E-state index contributed by atoms with van der Waals surface area (Å²) in [5, 5.41) is 9.84. The summed E-state index contributed by atoms with van der Waals surface area (Å²) in [5.74, 6) is 0. The summed E-state index contributed by atoms with van der Waals surface area (Å²) in [4.78, 5) is 4.75. The maximum absolute atomic E-state index is 13.4. The molecule has 0 bridgehead atoms. The molecule has 5 rings (SSSR count). The van der Waals surface area contributed by atoms with Crippen molar-refractivity contribution in [3.8, 4) is 28.5 Å². The van der Waals surface area contributed by atoms with E-state index in [0.29, 0.717) is 38.9 Å². The third kappa shape index (κ3) is 3.11. The van der Waals surface area contributed by atoms with Gasteiger partial charge in [-0.15, -0.1) is 0 Å². The molecule has 0 spiro atoms. The number of pyridine rings is 2. The lowest BCUT2D eigenvalue weighted by Gasteiger charge is -2.12. The van der Waals surface area contributed by atoms with Crippen LogP contribution in [-0.4, -0.2) is 9.38 Å². The Kier molecular flexibility index (Phi) is 4.26. The third-order valence-corrected chi connectivity index (χ3v) is 5.27. The number of alkyl halides is 3. The Morgan fingerprint density at radius 1 is 0.839 bits per heavy atom. The van der Waals surface area contributed by atoms with E-state index in [9.17, 15) is 18.4 Å². The Morgan fingerprint density at radius 2 is 1.58 bits per heavy atom. The maximum Gasteiger partial charge on any atom is 0.416 e. The van der Waals surface area contributed by atoms with Crippen molar-refractivity contribution in [2.45, 2.75) is 6.18 Å². The van der Waals surface area contributed by atoms with Crippen molar-refractivity contribution in [3.63, 3.8) is 0 Å². The van der Waals surface area contributed by atoms with E-state index in [1.165, 1.54) is 6.07 Å². The van der Waals surface area contributed by atoms with E-state index in [0.717, 1.165) is 17.7 Å². The lowest BCUT2D eigenvalue weighted by molar-refractivity contribution is -0.137. The van der Waals surface area contributed by atoms with Crippen molar-refractivity contribution in [2.24, 2.45) is 0 Å². The van der Waals surface area contributed by atoms with Crippen molar-refractivity contribution >= 4 is 16.6 Å². The highest BCUT2D eigenvalue weighted by molar-refractivity contribution is 6.02. The number of fused-ring (bicyclic) bond motifs is 3. The summed E-state index contributed by atoms with van der Waals surface area (Å²) in [6.45, 7) is 0. The molecule has 0 saturated heterocycles. The molecular weight excluding hydrogens is 399 g/mol. The monoisotopic (exact) mass is 413 g/mol. The third-order valence-electron chi connectivity index (χ3n) is 5.27. The smallest absolute Gasteiger partial charge is 0.313 e. The average molecular weight is 413 g/mol. The fourth-order valence-corrected chi connectivity index (χ4v) is 3.87. The second-order valence-corrected chi connectivity index (χ2v) is 7.14. The van der Waals surface area contributed by atoms with Crippen LogP contribution in [0.25, 0.3) is 38.9 Å². The van der Waals surface area contributed by atoms with Crippen molar-refractivity contribution in [3.05, 3.63) is 96.2 Å². The van der Waals surface area contributed by atoms with E-state index in [1.54, 1.807) is 24.4 Å². The Hall–Kier alpha value is -4.11. The Morgan fingerprint density at radius 3 is 2.32 bits per heavy atom. The number of rotatable bonds is 2. The van der Waals surface area contributed by atoms with Gasteiger partial charge in [-0.3, -0.25) is 0 Å². The zero-order valence-corrected chi connectivity index (χ0v) is 16.1. The molecule has 6 heteroatoms. The lowest BCUT2D eigenvalue weighted by Crippen LogP contribution is -2.04. The van der Waals surface area contributed by atoms with E-state index < -0.39 is 11.7 Å². The molecular formula is C25H14F3N3. The van der Waals surface area contributed by atoms with Crippen LogP contribution >= 0.6 is 0 Å². The molecule has 5 aromatic rings. The SMILES string of the molecule is N#Cc1c2nc(-c3ccccc3)cc(-c3cccc(C(F)(F)F)c3)c2n2ccccc12. The summed E-state index contributed by atoms with van der Waals surface area (Å²) in [7, 11) is 0. The van der Waals surface area contributed by atoms with Gasteiger partial charge in [-0.2, -0.15) is 18.4 Å². The van der Waals surface area contributed by atoms with Gasteiger partial charge in [0.1, 0.15) is 17.1 Å². The van der Waals surface area contributed by atoms with E-state index in [1.807, 2.05) is 46.9 Å². The van der Waals surface area contributed by atoms with E-state index in [2.05, 4.69) is 6.07 Å². The predicted octanol–water partition coefficient (Wildman–Crippen LogP) is 6.71. The highest BCUT2D eigenvalue weighted by Crippen LogP contribution is 2.38. The summed E-state index contributed by atoms with van der Waals surface area (Å²) < 4.78 is 42.0. The van der Waals surface area contributed by atoms with E-state index in [4.69, 9.17) is 4.98 Å². The lowest BCUT2D eigenvalue weighted by atomic mass is 9.99. The highest BCUT2D eigenvalue weighted by atomic mass is 19.4. The fraction of sp³-hybridized carbons (Fsp3) is 0.0400. The molecule has 0 aliphatic rings. The Balaban J connectivity index is 1.92. The molecule has 3 heterocycles. The van der Waals surface area contributed by atoms with Gasteiger partial charge in [0.2, 0.25) is 0 Å². The quantitative estimate of drug-likeness (QED) is 0.323. The van der Waals surface area contributed by atoms with Gasteiger partial charge in [-0.25, -0.2) is 4.98 Å². The molecule has 0 unspecified atom stereocenters. The average Bonchev–Trinajstić information content (AvgIpc) is 3.12. The van der Waals surface area contributed by atoms with Crippen molar-refractivity contribution in [2.75, 3.05) is 0 Å². The maximum atomic E-state index is 13.4. The number of halogens is 3. The van der Waals surface area contributed by atoms with Crippen LogP contribution in [0.5, 0.6) is 0 Å². The van der Waals surface area contributed by atoms with Gasteiger partial charge in [0, 0.05) is 17.3 Å². The molecule has 0 N–H and O–H groups in total. The zero-order valence-electron chi connectivity index (χ0n) is 16.1. The van der Waals surface area contributed by atoms with Crippen LogP contribution in [0.2, 0.25) is 0 Å². The van der Waals surface area contributed by atoms with Gasteiger partial charge in [-0.1, -0.05) is 48.5 Å². The molecule has 0 amide bonds. The van der Waals surface area contributed by atoms with Crippen molar-refractivity contribution < 1.29 is 13.2 Å². The first-order valence-corrected chi connectivity index (χ1v) is 9.54. The molecule has 2 aromatic carbocycles. The van der Waals surface area contributed by atoms with E-state index >= 15 is 0 Å². The van der Waals surface area contributed by atoms with Crippen LogP contribution in [0.3, 0.4) is 0 Å². The minimum absolute atomic E-state index is 0.390. The molecule has 3 aromatic heterocycles. The molecule has 0 radical (unpaired) electrons. The van der Waals surface area contributed by atoms with Crippen LogP contribution in [-0.2, 0) is 6.18 Å². The van der Waals surface area contributed by atoms with Gasteiger partial charge in [0.05, 0.1) is 22.3 Å². The van der Waals surface area contributed by atoms with Gasteiger partial charge in [0.25, 0.3) is 0 Å². The molecule has 0 atom stereocenters. The normalized spacial score (nSPS) is 11.7. The highest BCUT2D eigenvalue weighted by Gasteiger charge is 2.31. The zero-order chi connectivity index (χ0) is 21.6. The van der Waals surface area contributed by atoms with Crippen LogP contribution in [0, 0.1) is 11.3 Å². The first kappa shape index (κ1) is 18.9. The number of hydrogen-bond acceptors (Lipinski definition) is 2. The van der Waals surface area contributed by atoms with Crippen molar-refractivity contribution in [1.29, 1.82) is 5.26 Å². The summed E-state index contributed by atoms with van der Waals surface area (Å²) in [5.41, 5.74) is 3.79. The van der Waals surface area contributed by atoms with Gasteiger partial charge >= 0.3 is 6.18 Å². The number of nitrogens with zero attached hydrogens (tertiary/aromatic N) is 3. The molecule has 31 heavy (non-hydrogen) atoms. The molecule has 0 fully saturated rings. The van der Waals surface area contributed by atoms with Gasteiger partial charge in [0.15, 0.2) is 0 Å². The summed E-state index contributed by atoms with van der Waals surface area (Å²) >= 11 is 0. The first-order valence-electron chi connectivity index (χ1n) is 9.54. The molecule has 0 aliphatic heterocycles. The van der Waals surface area contributed by atoms with Crippen LogP contribution in [0.1, 0.15) is 11.1 Å². The minimum Gasteiger partial charge on any atom is -0.313 e. The van der Waals surface area contributed by atoms with Crippen LogP contribution in [0.15, 0.2) is 85.1 Å². The number of aromatic nitrogens is 2. The van der Waals surface area contributed by atoms with Crippen LogP contribution < -0.4 is 0 Å². The Bertz CT molecular complexity index is 1480. The minimum atomic E-state index is -4.45. The van der Waals surface area contributed by atoms with Gasteiger partial charge < -0.3 is 4.40 Å². The number of nitriles is 1. The second kappa shape index (κ2) is 6.99. The number of benzene rings is 2. The van der Waals surface area contributed by atoms with Crippen molar-refractivity contribution in [1.82, 2.24) is 9.38 Å². The standard InChI is InChI=1S/C25H14F3N3/c26-25(27,28)18-10-6-9-17(13-18)19-14-21(16-7-2-1-3-8-16)30-23-20(15-29)22-11-4-5-12-31(22)24(19)23/h1-14H. The van der Waals surface area contributed by atoms with Crippen LogP contribution in [0.4, 0.5) is 13.2 Å². The van der Waals surface area contributed by atoms with E-state index in [-0.39, 0.29) is 0 Å². The van der Waals surface area contributed by atoms with Gasteiger partial charge in [-0.05, 0) is 35.9 Å². The number of hydrogen-bond donors (Lipinski definition) is 0. The fourth-order valence-electron chi connectivity index (χ4n) is 3.87. The Labute approximate surface area is 175 Å². The summed E-state index contributed by atoms with van der Waals surface area (Å²) in [6.07, 6.45) is -2.66. The molecule has 0 aliphatic carbocycles. The summed E-state index contributed by atoms with van der Waals surface area (Å²) in [6, 6.07) is 24.0. The second-order valence-electron chi connectivity index (χ2n) is 7.14. The largest absolute Gasteiger partial charge is 0.416 e. The molecule has 0 saturated carbocycles.